The predicted octanol–water partition coefficient (Wildman–Crippen LogP) is 7.68. The Bertz CT molecular complexity index is 860. The first kappa shape index (κ1) is 25.0. The Morgan fingerprint density at radius 3 is 2.18 bits per heavy atom. The maximum absolute atomic E-state index is 13.7. The molecule has 0 saturated heterocycles. The van der Waals surface area contributed by atoms with Gasteiger partial charge in [-0.05, 0) is 83.5 Å². The smallest absolute Gasteiger partial charge is 0.166 e. The summed E-state index contributed by atoms with van der Waals surface area (Å²) in [5.41, 5.74) is 2.43. The highest BCUT2D eigenvalue weighted by molar-refractivity contribution is 5.98. The van der Waals surface area contributed by atoms with E-state index in [1.165, 1.54) is 24.8 Å². The number of aliphatic hydroxyl groups is 1. The zero-order chi connectivity index (χ0) is 24.3. The lowest BCUT2D eigenvalue weighted by molar-refractivity contribution is -0.131. The van der Waals surface area contributed by atoms with Crippen LogP contribution in [0.3, 0.4) is 0 Å². The van der Waals surface area contributed by atoms with Gasteiger partial charge in [-0.3, -0.25) is 4.79 Å². The Labute approximate surface area is 202 Å². The zero-order valence-electron chi connectivity index (χ0n) is 22.4. The van der Waals surface area contributed by atoms with E-state index in [1.807, 2.05) is 12.1 Å². The van der Waals surface area contributed by atoms with Gasteiger partial charge in [-0.25, -0.2) is 0 Å². The van der Waals surface area contributed by atoms with Gasteiger partial charge in [-0.1, -0.05) is 86.1 Å². The van der Waals surface area contributed by atoms with Gasteiger partial charge < -0.3 is 5.11 Å². The van der Waals surface area contributed by atoms with Crippen molar-refractivity contribution in [1.29, 1.82) is 0 Å². The van der Waals surface area contributed by atoms with E-state index in [-0.39, 0.29) is 22.5 Å². The summed E-state index contributed by atoms with van der Waals surface area (Å²) in [6.07, 6.45) is 6.33. The molecule has 1 aromatic rings. The van der Waals surface area contributed by atoms with Crippen molar-refractivity contribution in [3.63, 3.8) is 0 Å². The van der Waals surface area contributed by atoms with Gasteiger partial charge >= 0.3 is 0 Å². The van der Waals surface area contributed by atoms with Gasteiger partial charge in [0.25, 0.3) is 0 Å². The molecule has 1 aromatic carbocycles. The van der Waals surface area contributed by atoms with Crippen LogP contribution in [-0.4, -0.2) is 17.0 Å². The van der Waals surface area contributed by atoms with Gasteiger partial charge in [0.05, 0.1) is 6.10 Å². The predicted molar refractivity (Wildman–Crippen MR) is 137 cm³/mol. The van der Waals surface area contributed by atoms with Crippen molar-refractivity contribution >= 4 is 5.78 Å². The standard InChI is InChI=1S/C31H48O2/c1-19-9-12-23-17-26-20(2)24(28(33)21-10-13-22(14-11-21)29(3,4)5)18-27(32)31(26,8)16-15-25(19)30(23,6)7/h10-11,13-14,19-20,23-27,32H,9,12,15-18H2,1-8H3/t19-,20+,23+,24?,25+,26-,27?,31+/m1/s1. The molecular weight excluding hydrogens is 404 g/mol. The largest absolute Gasteiger partial charge is 0.393 e. The molecule has 3 aliphatic carbocycles. The monoisotopic (exact) mass is 452 g/mol. The van der Waals surface area contributed by atoms with Crippen molar-refractivity contribution in [3.8, 4) is 0 Å². The Kier molecular flexibility index (Phi) is 6.43. The fourth-order valence-corrected chi connectivity index (χ4v) is 8.31. The molecule has 3 fully saturated rings. The molecule has 2 nitrogen and oxygen atoms in total. The molecule has 0 heterocycles. The van der Waals surface area contributed by atoms with E-state index in [0.29, 0.717) is 29.6 Å². The Balaban J connectivity index is 1.62. The number of aliphatic hydroxyl groups excluding tert-OH is 1. The Hall–Kier alpha value is -1.15. The molecule has 3 saturated carbocycles. The number of hydrogen-bond acceptors (Lipinski definition) is 2. The van der Waals surface area contributed by atoms with E-state index >= 15 is 0 Å². The van der Waals surface area contributed by atoms with Gasteiger partial charge in [-0.2, -0.15) is 0 Å². The summed E-state index contributed by atoms with van der Waals surface area (Å²) >= 11 is 0. The molecule has 0 spiro atoms. The molecule has 2 heteroatoms. The van der Waals surface area contributed by atoms with Crippen LogP contribution in [-0.2, 0) is 5.41 Å². The second-order valence-electron chi connectivity index (χ2n) is 14.0. The molecule has 4 rings (SSSR count). The first-order valence-corrected chi connectivity index (χ1v) is 13.6. The number of Topliss-reactive ketones (excluding diaryl/α,β-unsaturated/α-hetero) is 1. The van der Waals surface area contributed by atoms with Crippen molar-refractivity contribution in [2.24, 2.45) is 46.3 Å². The van der Waals surface area contributed by atoms with Gasteiger partial charge in [-0.15, -0.1) is 0 Å². The first-order valence-electron chi connectivity index (χ1n) is 13.6. The van der Waals surface area contributed by atoms with Crippen molar-refractivity contribution < 1.29 is 9.90 Å². The molecule has 184 valence electrons. The normalized spacial score (nSPS) is 40.9. The minimum absolute atomic E-state index is 0.0731. The molecule has 2 unspecified atom stereocenters. The van der Waals surface area contributed by atoms with Crippen molar-refractivity contribution in [1.82, 2.24) is 0 Å². The van der Waals surface area contributed by atoms with Gasteiger partial charge in [0.2, 0.25) is 0 Å². The van der Waals surface area contributed by atoms with Crippen LogP contribution >= 0.6 is 0 Å². The molecule has 1 N–H and O–H groups in total. The number of fused-ring (bicyclic) bond motifs is 3. The fraction of sp³-hybridized carbons (Fsp3) is 0.774. The van der Waals surface area contributed by atoms with Crippen LogP contribution in [0.25, 0.3) is 0 Å². The van der Waals surface area contributed by atoms with Crippen LogP contribution in [0.5, 0.6) is 0 Å². The lowest BCUT2D eigenvalue weighted by Gasteiger charge is -2.59. The number of benzene rings is 1. The fourth-order valence-electron chi connectivity index (χ4n) is 8.31. The van der Waals surface area contributed by atoms with Gasteiger partial charge in [0.1, 0.15) is 0 Å². The van der Waals surface area contributed by atoms with E-state index in [1.54, 1.807) is 0 Å². The molecule has 0 radical (unpaired) electrons. The van der Waals surface area contributed by atoms with Crippen LogP contribution < -0.4 is 0 Å². The molecule has 3 aliphatic rings. The maximum Gasteiger partial charge on any atom is 0.166 e. The number of ketones is 1. The summed E-state index contributed by atoms with van der Waals surface area (Å²) in [7, 11) is 0. The average molecular weight is 453 g/mol. The summed E-state index contributed by atoms with van der Waals surface area (Å²) in [6.45, 7) is 18.7. The van der Waals surface area contributed by atoms with E-state index in [4.69, 9.17) is 0 Å². The lowest BCUT2D eigenvalue weighted by Crippen LogP contribution is -2.55. The highest BCUT2D eigenvalue weighted by Gasteiger charge is 2.56. The number of hydrogen-bond donors (Lipinski definition) is 1. The first-order chi connectivity index (χ1) is 15.3. The second kappa shape index (κ2) is 8.51. The Morgan fingerprint density at radius 1 is 0.939 bits per heavy atom. The summed E-state index contributed by atoms with van der Waals surface area (Å²) < 4.78 is 0. The molecular formula is C31H48O2. The third kappa shape index (κ3) is 4.24. The SMILES string of the molecule is C[C@@H]1CC[C@H]2C[C@@H]3[C@@H](C)C(C(=O)c4ccc(C(C)(C)C)cc4)CC(O)[C@@]3(C)CC[C@@H]1C2(C)C. The van der Waals surface area contributed by atoms with Crippen LogP contribution in [0.2, 0.25) is 0 Å². The topological polar surface area (TPSA) is 37.3 Å². The van der Waals surface area contributed by atoms with Crippen molar-refractivity contribution in [3.05, 3.63) is 35.4 Å². The zero-order valence-corrected chi connectivity index (χ0v) is 22.4. The molecule has 2 bridgehead atoms. The van der Waals surface area contributed by atoms with Crippen LogP contribution in [0.1, 0.15) is 110 Å². The van der Waals surface area contributed by atoms with Crippen molar-refractivity contribution in [2.45, 2.75) is 105 Å². The Morgan fingerprint density at radius 2 is 1.58 bits per heavy atom. The third-order valence-electron chi connectivity index (χ3n) is 10.9. The van der Waals surface area contributed by atoms with E-state index in [0.717, 1.165) is 30.2 Å². The lowest BCUT2D eigenvalue weighted by atomic mass is 9.46. The van der Waals surface area contributed by atoms with Crippen molar-refractivity contribution in [2.75, 3.05) is 0 Å². The van der Waals surface area contributed by atoms with E-state index < -0.39 is 6.10 Å². The third-order valence-corrected chi connectivity index (χ3v) is 10.9. The summed E-state index contributed by atoms with van der Waals surface area (Å²) in [6, 6.07) is 8.26. The van der Waals surface area contributed by atoms with E-state index in [9.17, 15) is 9.90 Å². The summed E-state index contributed by atoms with van der Waals surface area (Å²) in [5, 5.41) is 11.5. The van der Waals surface area contributed by atoms with Crippen LogP contribution in [0, 0.1) is 46.3 Å². The quantitative estimate of drug-likeness (QED) is 0.467. The van der Waals surface area contributed by atoms with Gasteiger partial charge in [0, 0.05) is 11.5 Å². The number of carbonyl (C=O) groups excluding carboxylic acids is 1. The second-order valence-corrected chi connectivity index (χ2v) is 14.0. The highest BCUT2D eigenvalue weighted by atomic mass is 16.3. The summed E-state index contributed by atoms with van der Waals surface area (Å²) in [4.78, 5) is 13.7. The molecule has 0 aliphatic heterocycles. The molecule has 8 atom stereocenters. The molecule has 33 heavy (non-hydrogen) atoms. The van der Waals surface area contributed by atoms with Crippen LogP contribution in [0.15, 0.2) is 24.3 Å². The number of rotatable bonds is 2. The molecule has 0 aromatic heterocycles. The minimum Gasteiger partial charge on any atom is -0.393 e. The van der Waals surface area contributed by atoms with E-state index in [2.05, 4.69) is 67.5 Å². The van der Waals surface area contributed by atoms with Crippen LogP contribution in [0.4, 0.5) is 0 Å². The molecule has 0 amide bonds. The highest BCUT2D eigenvalue weighted by Crippen LogP contribution is 2.61. The minimum atomic E-state index is -0.390. The van der Waals surface area contributed by atoms with Gasteiger partial charge in [0.15, 0.2) is 5.78 Å². The summed E-state index contributed by atoms with van der Waals surface area (Å²) in [5.74, 6) is 3.08. The average Bonchev–Trinajstić information content (AvgIpc) is 2.73. The number of carbonyl (C=O) groups is 1. The maximum atomic E-state index is 13.7.